The molecular weight excluding hydrogens is 286 g/mol. The van der Waals surface area contributed by atoms with Gasteiger partial charge in [-0.25, -0.2) is 0 Å². The Morgan fingerprint density at radius 1 is 1.09 bits per heavy atom. The molecule has 0 aliphatic carbocycles. The number of hydrogen-bond acceptors (Lipinski definition) is 2. The van der Waals surface area contributed by atoms with Crippen LogP contribution in [0.5, 0.6) is 0 Å². The molecule has 3 aromatic rings. The maximum atomic E-state index is 12.4. The van der Waals surface area contributed by atoms with Crippen LogP contribution >= 0.6 is 0 Å². The van der Waals surface area contributed by atoms with Gasteiger partial charge in [0.15, 0.2) is 5.76 Å². The van der Waals surface area contributed by atoms with Crippen molar-refractivity contribution in [2.45, 2.75) is 26.7 Å². The minimum Gasteiger partial charge on any atom is -0.451 e. The average Bonchev–Trinajstić information content (AvgIpc) is 2.92. The summed E-state index contributed by atoms with van der Waals surface area (Å²) in [5.41, 5.74) is 4.14. The number of nitrogens with one attached hydrogen (secondary N) is 1. The van der Waals surface area contributed by atoms with E-state index in [2.05, 4.69) is 30.4 Å². The molecule has 0 spiro atoms. The maximum Gasteiger partial charge on any atom is 0.287 e. The molecule has 0 saturated heterocycles. The molecule has 3 heteroatoms. The molecule has 3 rings (SSSR count). The lowest BCUT2D eigenvalue weighted by Crippen LogP contribution is -2.25. The van der Waals surface area contributed by atoms with Gasteiger partial charge >= 0.3 is 0 Å². The van der Waals surface area contributed by atoms with Crippen molar-refractivity contribution in [1.29, 1.82) is 0 Å². The van der Waals surface area contributed by atoms with E-state index in [0.717, 1.165) is 29.4 Å². The van der Waals surface area contributed by atoms with Crippen LogP contribution in [0, 0.1) is 6.92 Å². The van der Waals surface area contributed by atoms with Gasteiger partial charge in [-0.3, -0.25) is 4.79 Å². The Kier molecular flexibility index (Phi) is 4.47. The highest BCUT2D eigenvalue weighted by atomic mass is 16.3. The van der Waals surface area contributed by atoms with Crippen LogP contribution in [-0.2, 0) is 12.8 Å². The van der Waals surface area contributed by atoms with Gasteiger partial charge in [0.2, 0.25) is 0 Å². The molecule has 1 amide bonds. The molecule has 0 unspecified atom stereocenters. The van der Waals surface area contributed by atoms with Gasteiger partial charge in [0, 0.05) is 17.5 Å². The molecule has 23 heavy (non-hydrogen) atoms. The lowest BCUT2D eigenvalue weighted by molar-refractivity contribution is 0.0928. The molecule has 0 fully saturated rings. The predicted molar refractivity (Wildman–Crippen MR) is 92.8 cm³/mol. The van der Waals surface area contributed by atoms with Crippen molar-refractivity contribution in [2.75, 3.05) is 6.54 Å². The van der Waals surface area contributed by atoms with E-state index in [4.69, 9.17) is 4.42 Å². The third-order valence-corrected chi connectivity index (χ3v) is 4.16. The van der Waals surface area contributed by atoms with Crippen molar-refractivity contribution in [3.05, 3.63) is 71.0 Å². The van der Waals surface area contributed by atoms with Gasteiger partial charge in [0.1, 0.15) is 5.58 Å². The highest BCUT2D eigenvalue weighted by molar-refractivity contribution is 5.99. The molecule has 118 valence electrons. The number of furan rings is 1. The maximum absolute atomic E-state index is 12.4. The van der Waals surface area contributed by atoms with Gasteiger partial charge in [-0.2, -0.15) is 0 Å². The predicted octanol–water partition coefficient (Wildman–Crippen LogP) is 4.28. The monoisotopic (exact) mass is 307 g/mol. The fourth-order valence-electron chi connectivity index (χ4n) is 2.75. The van der Waals surface area contributed by atoms with Crippen LogP contribution in [0.1, 0.15) is 34.2 Å². The first kappa shape index (κ1) is 15.3. The van der Waals surface area contributed by atoms with E-state index in [-0.39, 0.29) is 5.91 Å². The van der Waals surface area contributed by atoms with E-state index in [9.17, 15) is 4.79 Å². The minimum atomic E-state index is -0.146. The molecule has 0 atom stereocenters. The van der Waals surface area contributed by atoms with Crippen LogP contribution in [0.15, 0.2) is 52.9 Å². The van der Waals surface area contributed by atoms with Crippen LogP contribution in [0.3, 0.4) is 0 Å². The molecule has 0 aliphatic rings. The standard InChI is InChI=1S/C20H21NO2/c1-3-15-9-10-18-17(13-15)14(2)19(23-18)20(22)21-12-11-16-7-5-4-6-8-16/h4-10,13H,3,11-12H2,1-2H3,(H,21,22). The Morgan fingerprint density at radius 2 is 1.87 bits per heavy atom. The number of carbonyl (C=O) groups is 1. The topological polar surface area (TPSA) is 42.2 Å². The fraction of sp³-hybridized carbons (Fsp3) is 0.250. The Hall–Kier alpha value is -2.55. The number of amides is 1. The third-order valence-electron chi connectivity index (χ3n) is 4.16. The molecule has 1 heterocycles. The van der Waals surface area contributed by atoms with E-state index in [1.807, 2.05) is 37.3 Å². The van der Waals surface area contributed by atoms with Crippen molar-refractivity contribution >= 4 is 16.9 Å². The van der Waals surface area contributed by atoms with Gasteiger partial charge in [0.25, 0.3) is 5.91 Å². The summed E-state index contributed by atoms with van der Waals surface area (Å²) in [6.07, 6.45) is 1.78. The van der Waals surface area contributed by atoms with Crippen LogP contribution in [0.4, 0.5) is 0 Å². The zero-order valence-electron chi connectivity index (χ0n) is 13.6. The second kappa shape index (κ2) is 6.69. The summed E-state index contributed by atoms with van der Waals surface area (Å²) in [7, 11) is 0. The van der Waals surface area contributed by atoms with E-state index in [1.54, 1.807) is 0 Å². The Morgan fingerprint density at radius 3 is 2.61 bits per heavy atom. The van der Waals surface area contributed by atoms with Crippen LogP contribution in [0.25, 0.3) is 11.0 Å². The summed E-state index contributed by atoms with van der Waals surface area (Å²) in [6.45, 7) is 4.66. The second-order valence-electron chi connectivity index (χ2n) is 5.73. The average molecular weight is 307 g/mol. The highest BCUT2D eigenvalue weighted by Gasteiger charge is 2.17. The fourth-order valence-corrected chi connectivity index (χ4v) is 2.75. The molecule has 3 nitrogen and oxygen atoms in total. The molecule has 1 N–H and O–H groups in total. The first-order valence-corrected chi connectivity index (χ1v) is 8.03. The summed E-state index contributed by atoms with van der Waals surface area (Å²) in [5, 5.41) is 3.97. The van der Waals surface area contributed by atoms with Crippen molar-refractivity contribution in [3.63, 3.8) is 0 Å². The lowest BCUT2D eigenvalue weighted by Gasteiger charge is -2.04. The molecule has 2 aromatic carbocycles. The Labute approximate surface area is 136 Å². The smallest absolute Gasteiger partial charge is 0.287 e. The Balaban J connectivity index is 1.72. The first-order valence-electron chi connectivity index (χ1n) is 8.03. The van der Waals surface area contributed by atoms with Gasteiger partial charge in [0.05, 0.1) is 0 Å². The quantitative estimate of drug-likeness (QED) is 0.764. The number of rotatable bonds is 5. The minimum absolute atomic E-state index is 0.146. The first-order chi connectivity index (χ1) is 11.2. The zero-order chi connectivity index (χ0) is 16.2. The van der Waals surface area contributed by atoms with Crippen LogP contribution in [-0.4, -0.2) is 12.5 Å². The largest absolute Gasteiger partial charge is 0.451 e. The van der Waals surface area contributed by atoms with Gasteiger partial charge < -0.3 is 9.73 Å². The van der Waals surface area contributed by atoms with Crippen molar-refractivity contribution in [2.24, 2.45) is 0 Å². The number of benzene rings is 2. The highest BCUT2D eigenvalue weighted by Crippen LogP contribution is 2.26. The number of aryl methyl sites for hydroxylation is 2. The third kappa shape index (κ3) is 3.29. The molecule has 0 aliphatic heterocycles. The molecule has 0 radical (unpaired) electrons. The number of hydrogen-bond donors (Lipinski definition) is 1. The molecular formula is C20H21NO2. The summed E-state index contributed by atoms with van der Waals surface area (Å²) in [5.74, 6) is 0.272. The Bertz CT molecular complexity index is 818. The lowest BCUT2D eigenvalue weighted by atomic mass is 10.1. The normalized spacial score (nSPS) is 10.9. The van der Waals surface area contributed by atoms with Crippen LogP contribution in [0.2, 0.25) is 0 Å². The number of fused-ring (bicyclic) bond motifs is 1. The van der Waals surface area contributed by atoms with Crippen molar-refractivity contribution in [3.8, 4) is 0 Å². The second-order valence-corrected chi connectivity index (χ2v) is 5.73. The van der Waals surface area contributed by atoms with E-state index >= 15 is 0 Å². The van der Waals surface area contributed by atoms with Gasteiger partial charge in [-0.1, -0.05) is 43.3 Å². The SMILES string of the molecule is CCc1ccc2oc(C(=O)NCCc3ccccc3)c(C)c2c1. The summed E-state index contributed by atoms with van der Waals surface area (Å²) >= 11 is 0. The van der Waals surface area contributed by atoms with Crippen molar-refractivity contribution in [1.82, 2.24) is 5.32 Å². The molecule has 0 saturated carbocycles. The van der Waals surface area contributed by atoms with Crippen molar-refractivity contribution < 1.29 is 9.21 Å². The van der Waals surface area contributed by atoms with E-state index < -0.39 is 0 Å². The number of carbonyl (C=O) groups excluding carboxylic acids is 1. The van der Waals surface area contributed by atoms with E-state index in [1.165, 1.54) is 11.1 Å². The van der Waals surface area contributed by atoms with E-state index in [0.29, 0.717) is 12.3 Å². The van der Waals surface area contributed by atoms with Crippen LogP contribution < -0.4 is 5.32 Å². The summed E-state index contributed by atoms with van der Waals surface area (Å²) < 4.78 is 5.75. The molecule has 0 bridgehead atoms. The molecule has 1 aromatic heterocycles. The summed E-state index contributed by atoms with van der Waals surface area (Å²) in [6, 6.07) is 16.2. The zero-order valence-corrected chi connectivity index (χ0v) is 13.6. The van der Waals surface area contributed by atoms with Gasteiger partial charge in [-0.15, -0.1) is 0 Å². The van der Waals surface area contributed by atoms with Gasteiger partial charge in [-0.05, 0) is 43.0 Å². The summed E-state index contributed by atoms with van der Waals surface area (Å²) in [4.78, 5) is 12.4.